The van der Waals surface area contributed by atoms with Crippen molar-refractivity contribution in [1.29, 1.82) is 0 Å². The van der Waals surface area contributed by atoms with Crippen molar-refractivity contribution in [2.75, 3.05) is 19.0 Å². The number of benzene rings is 1. The van der Waals surface area contributed by atoms with Crippen LogP contribution in [0.15, 0.2) is 22.8 Å². The predicted molar refractivity (Wildman–Crippen MR) is 77.5 cm³/mol. The van der Waals surface area contributed by atoms with Crippen molar-refractivity contribution in [3.05, 3.63) is 33.3 Å². The van der Waals surface area contributed by atoms with Gasteiger partial charge in [-0.2, -0.15) is 0 Å². The van der Waals surface area contributed by atoms with Gasteiger partial charge in [0.25, 0.3) is 5.69 Å². The summed E-state index contributed by atoms with van der Waals surface area (Å²) in [6.45, 7) is 2.17. The number of nitrogens with zero attached hydrogens (tertiary/aromatic N) is 3. The average Bonchev–Trinajstić information content (AvgIpc) is 2.92. The molecule has 2 aromatic rings. The normalized spacial score (nSPS) is 11.8. The molecule has 0 radical (unpaired) electrons. The molecule has 10 heteroatoms. The van der Waals surface area contributed by atoms with Crippen LogP contribution in [0.25, 0.3) is 0 Å². The van der Waals surface area contributed by atoms with Crippen LogP contribution >= 0.6 is 11.6 Å². The van der Waals surface area contributed by atoms with Crippen LogP contribution in [0.5, 0.6) is 11.8 Å². The van der Waals surface area contributed by atoms with E-state index in [0.29, 0.717) is 12.2 Å². The Balaban J connectivity index is 1.93. The van der Waals surface area contributed by atoms with E-state index in [0.717, 1.165) is 0 Å². The molecule has 0 saturated heterocycles. The van der Waals surface area contributed by atoms with Crippen LogP contribution < -0.4 is 14.8 Å². The number of aromatic nitrogens is 2. The molecule has 1 atom stereocenters. The molecule has 0 amide bonds. The van der Waals surface area contributed by atoms with Crippen molar-refractivity contribution in [2.24, 2.45) is 0 Å². The van der Waals surface area contributed by atoms with Gasteiger partial charge in [0.05, 0.1) is 29.3 Å². The smallest absolute Gasteiger partial charge is 0.320 e. The second-order valence-electron chi connectivity index (χ2n) is 4.31. The molecule has 1 N–H and O–H groups in total. The fourth-order valence-corrected chi connectivity index (χ4v) is 1.86. The maximum atomic E-state index is 10.6. The molecule has 1 aromatic heterocycles. The number of non-ortho nitro benzene ring substituents is 1. The third kappa shape index (κ3) is 3.76. The van der Waals surface area contributed by atoms with Gasteiger partial charge in [0.2, 0.25) is 0 Å². The van der Waals surface area contributed by atoms with Crippen molar-refractivity contribution in [3.63, 3.8) is 0 Å². The number of hydrogen-bond donors (Lipinski definition) is 1. The largest absolute Gasteiger partial charge is 0.475 e. The zero-order chi connectivity index (χ0) is 16.1. The lowest BCUT2D eigenvalue weighted by Crippen LogP contribution is -2.23. The molecule has 9 nitrogen and oxygen atoms in total. The van der Waals surface area contributed by atoms with Crippen molar-refractivity contribution in [1.82, 2.24) is 10.3 Å². The summed E-state index contributed by atoms with van der Waals surface area (Å²) in [6, 6.07) is 4.18. The number of anilines is 1. The van der Waals surface area contributed by atoms with Crippen LogP contribution in [-0.4, -0.2) is 35.0 Å². The van der Waals surface area contributed by atoms with Crippen LogP contribution in [0.1, 0.15) is 6.92 Å². The van der Waals surface area contributed by atoms with Gasteiger partial charge in [-0.1, -0.05) is 11.6 Å². The highest BCUT2D eigenvalue weighted by molar-refractivity contribution is 6.33. The number of methoxy groups -OCH3 is 1. The van der Waals surface area contributed by atoms with Crippen LogP contribution in [-0.2, 0) is 0 Å². The Labute approximate surface area is 130 Å². The van der Waals surface area contributed by atoms with Crippen molar-refractivity contribution in [2.45, 2.75) is 13.0 Å². The van der Waals surface area contributed by atoms with E-state index < -0.39 is 4.92 Å². The van der Waals surface area contributed by atoms with Gasteiger partial charge in [0, 0.05) is 12.1 Å². The van der Waals surface area contributed by atoms with Gasteiger partial charge in [-0.05, 0) is 23.3 Å². The third-order valence-corrected chi connectivity index (χ3v) is 2.99. The quantitative estimate of drug-likeness (QED) is 0.609. The first kappa shape index (κ1) is 15.8. The zero-order valence-electron chi connectivity index (χ0n) is 11.8. The Morgan fingerprint density at radius 1 is 1.45 bits per heavy atom. The number of ether oxygens (including phenoxy) is 2. The van der Waals surface area contributed by atoms with Crippen molar-refractivity contribution >= 4 is 23.0 Å². The standard InChI is InChI=1S/C12H13ClN4O5/c1-7(21-12-11(20-2)15-22-16-12)6-14-10-4-3-8(17(18)19)5-9(10)13/h3-5,7,14H,6H2,1-2H3/t7-/m0/s1. The number of rotatable bonds is 7. The minimum atomic E-state index is -0.509. The molecule has 0 bridgehead atoms. The molecule has 22 heavy (non-hydrogen) atoms. The van der Waals surface area contributed by atoms with E-state index in [2.05, 4.69) is 20.3 Å². The van der Waals surface area contributed by atoms with Crippen LogP contribution in [0, 0.1) is 10.1 Å². The summed E-state index contributed by atoms with van der Waals surface area (Å²) in [5, 5.41) is 21.0. The van der Waals surface area contributed by atoms with Crippen molar-refractivity contribution < 1.29 is 19.0 Å². The molecule has 1 heterocycles. The van der Waals surface area contributed by atoms with E-state index in [4.69, 9.17) is 21.1 Å². The van der Waals surface area contributed by atoms with E-state index in [-0.39, 0.29) is 28.6 Å². The van der Waals surface area contributed by atoms with Crippen LogP contribution in [0.4, 0.5) is 11.4 Å². The summed E-state index contributed by atoms with van der Waals surface area (Å²) < 4.78 is 14.9. The molecule has 118 valence electrons. The molecule has 0 aliphatic heterocycles. The van der Waals surface area contributed by atoms with Gasteiger partial charge >= 0.3 is 11.8 Å². The molecule has 0 fully saturated rings. The van der Waals surface area contributed by atoms with Gasteiger partial charge < -0.3 is 14.8 Å². The van der Waals surface area contributed by atoms with Gasteiger partial charge in [-0.3, -0.25) is 10.1 Å². The highest BCUT2D eigenvalue weighted by Gasteiger charge is 2.16. The molecule has 0 spiro atoms. The first-order valence-electron chi connectivity index (χ1n) is 6.22. The summed E-state index contributed by atoms with van der Waals surface area (Å²) in [4.78, 5) is 10.1. The summed E-state index contributed by atoms with van der Waals surface area (Å²) in [5.41, 5.74) is 0.492. The predicted octanol–water partition coefficient (Wildman–Crippen LogP) is 2.52. The molecule has 1 aromatic carbocycles. The number of nitrogens with one attached hydrogen (secondary N) is 1. The Hall–Kier alpha value is -2.55. The summed E-state index contributed by atoms with van der Waals surface area (Å²) in [5.74, 6) is 0.298. The molecule has 0 saturated carbocycles. The number of hydrogen-bond acceptors (Lipinski definition) is 8. The van der Waals surface area contributed by atoms with E-state index in [1.54, 1.807) is 6.92 Å². The lowest BCUT2D eigenvalue weighted by Gasteiger charge is -2.14. The van der Waals surface area contributed by atoms with Gasteiger partial charge in [-0.15, -0.1) is 0 Å². The SMILES string of the molecule is COc1nonc1O[C@@H](C)CNc1ccc([N+](=O)[O-])cc1Cl. The molecular formula is C12H13ClN4O5. The van der Waals surface area contributed by atoms with E-state index in [1.165, 1.54) is 25.3 Å². The summed E-state index contributed by atoms with van der Waals surface area (Å²) in [6.07, 6.45) is -0.299. The summed E-state index contributed by atoms with van der Waals surface area (Å²) >= 11 is 5.98. The van der Waals surface area contributed by atoms with Gasteiger partial charge in [0.1, 0.15) is 6.10 Å². The second kappa shape index (κ2) is 6.94. The molecule has 2 rings (SSSR count). The average molecular weight is 329 g/mol. The minimum absolute atomic E-state index is 0.0711. The molecule has 0 aliphatic carbocycles. The third-order valence-electron chi connectivity index (χ3n) is 2.68. The van der Waals surface area contributed by atoms with Gasteiger partial charge in [-0.25, -0.2) is 4.63 Å². The summed E-state index contributed by atoms with van der Waals surface area (Å²) in [7, 11) is 1.42. The maximum Gasteiger partial charge on any atom is 0.320 e. The second-order valence-corrected chi connectivity index (χ2v) is 4.72. The highest BCUT2D eigenvalue weighted by atomic mass is 35.5. The monoisotopic (exact) mass is 328 g/mol. The first-order valence-corrected chi connectivity index (χ1v) is 6.60. The van der Waals surface area contributed by atoms with Crippen LogP contribution in [0.3, 0.4) is 0 Å². The minimum Gasteiger partial charge on any atom is -0.475 e. The number of nitro groups is 1. The molecular weight excluding hydrogens is 316 g/mol. The molecule has 0 unspecified atom stereocenters. The van der Waals surface area contributed by atoms with E-state index in [9.17, 15) is 10.1 Å². The Kier molecular flexibility index (Phi) is 4.99. The highest BCUT2D eigenvalue weighted by Crippen LogP contribution is 2.27. The van der Waals surface area contributed by atoms with E-state index >= 15 is 0 Å². The Morgan fingerprint density at radius 3 is 2.82 bits per heavy atom. The topological polar surface area (TPSA) is 113 Å². The van der Waals surface area contributed by atoms with Gasteiger partial charge in [0.15, 0.2) is 0 Å². The van der Waals surface area contributed by atoms with Crippen LogP contribution in [0.2, 0.25) is 5.02 Å². The van der Waals surface area contributed by atoms with Crippen molar-refractivity contribution in [3.8, 4) is 11.8 Å². The lowest BCUT2D eigenvalue weighted by atomic mass is 10.2. The first-order chi connectivity index (χ1) is 10.5. The fourth-order valence-electron chi connectivity index (χ4n) is 1.62. The molecule has 0 aliphatic rings. The van der Waals surface area contributed by atoms with E-state index in [1.807, 2.05) is 0 Å². The number of halogens is 1. The lowest BCUT2D eigenvalue weighted by molar-refractivity contribution is -0.384. The Morgan fingerprint density at radius 2 is 2.18 bits per heavy atom. The Bertz CT molecular complexity index is 663. The zero-order valence-corrected chi connectivity index (χ0v) is 12.5. The fraction of sp³-hybridized carbons (Fsp3) is 0.333. The number of nitro benzene ring substituents is 1. The maximum absolute atomic E-state index is 10.6.